The fourth-order valence-corrected chi connectivity index (χ4v) is 4.10. The molecule has 1 saturated carbocycles. The van der Waals surface area contributed by atoms with Gasteiger partial charge in [0.25, 0.3) is 5.56 Å². The quantitative estimate of drug-likeness (QED) is 0.508. The molecule has 3 aromatic rings. The van der Waals surface area contributed by atoms with Crippen molar-refractivity contribution < 1.29 is 26.3 Å². The summed E-state index contributed by atoms with van der Waals surface area (Å²) in [5.41, 5.74) is -0.403. The second-order valence-corrected chi connectivity index (χ2v) is 8.24. The normalized spacial score (nSPS) is 18.9. The zero-order chi connectivity index (χ0) is 24.1. The zero-order valence-electron chi connectivity index (χ0n) is 17.7. The molecule has 176 valence electrons. The number of nitrogens with one attached hydrogen (secondary N) is 1. The molecule has 1 N–H and O–H groups in total. The van der Waals surface area contributed by atoms with E-state index in [0.717, 1.165) is 6.07 Å². The van der Waals surface area contributed by atoms with Crippen LogP contribution in [-0.4, -0.2) is 20.7 Å². The molecule has 4 rings (SSSR count). The number of aryl methyl sites for hydroxylation is 1. The van der Waals surface area contributed by atoms with Crippen LogP contribution in [0.15, 0.2) is 35.3 Å². The molecule has 0 unspecified atom stereocenters. The van der Waals surface area contributed by atoms with Gasteiger partial charge in [-0.15, -0.1) is 0 Å². The molecule has 2 heterocycles. The first-order valence-electron chi connectivity index (χ1n) is 10.2. The third kappa shape index (κ3) is 4.53. The largest absolute Gasteiger partial charge is 0.416 e. The van der Waals surface area contributed by atoms with E-state index in [1.165, 1.54) is 29.8 Å². The number of alkyl halides is 6. The van der Waals surface area contributed by atoms with Crippen molar-refractivity contribution in [1.29, 1.82) is 0 Å². The molecule has 11 heteroatoms. The molecule has 0 atom stereocenters. The Kier molecular flexibility index (Phi) is 5.61. The molecule has 0 bridgehead atoms. The van der Waals surface area contributed by atoms with E-state index in [2.05, 4.69) is 15.3 Å². The highest BCUT2D eigenvalue weighted by Crippen LogP contribution is 2.46. The third-order valence-corrected chi connectivity index (χ3v) is 6.04. The van der Waals surface area contributed by atoms with Crippen LogP contribution in [0.1, 0.15) is 41.4 Å². The number of nitrogens with zero attached hydrogens (tertiary/aromatic N) is 3. The van der Waals surface area contributed by atoms with Gasteiger partial charge in [-0.3, -0.25) is 4.79 Å². The summed E-state index contributed by atoms with van der Waals surface area (Å²) in [4.78, 5) is 21.0. The van der Waals surface area contributed by atoms with Gasteiger partial charge >= 0.3 is 12.4 Å². The van der Waals surface area contributed by atoms with Gasteiger partial charge in [0.05, 0.1) is 22.4 Å². The maximum atomic E-state index is 13.2. The summed E-state index contributed by atoms with van der Waals surface area (Å²) in [5, 5.41) is 3.41. The van der Waals surface area contributed by atoms with E-state index in [-0.39, 0.29) is 30.8 Å². The predicted octanol–water partition coefficient (Wildman–Crippen LogP) is 5.55. The van der Waals surface area contributed by atoms with Gasteiger partial charge in [-0.2, -0.15) is 26.3 Å². The highest BCUT2D eigenvalue weighted by atomic mass is 19.4. The number of aromatic nitrogens is 3. The number of fused-ring (bicyclic) bond motifs is 1. The summed E-state index contributed by atoms with van der Waals surface area (Å²) in [6, 6.07) is 4.55. The van der Waals surface area contributed by atoms with Crippen LogP contribution in [0.25, 0.3) is 10.9 Å². The Morgan fingerprint density at radius 1 is 1.09 bits per heavy atom. The van der Waals surface area contributed by atoms with Crippen LogP contribution in [-0.2, 0) is 12.7 Å². The second-order valence-electron chi connectivity index (χ2n) is 8.24. The minimum atomic E-state index is -4.48. The average Bonchev–Trinajstić information content (AvgIpc) is 2.64. The molecule has 1 aromatic carbocycles. The Bertz CT molecular complexity index is 1260. The van der Waals surface area contributed by atoms with Crippen LogP contribution in [0.4, 0.5) is 32.2 Å². The molecule has 1 aliphatic rings. The average molecular weight is 470 g/mol. The van der Waals surface area contributed by atoms with Gasteiger partial charge in [0.2, 0.25) is 0 Å². The lowest BCUT2D eigenvalue weighted by Gasteiger charge is -2.37. The van der Waals surface area contributed by atoms with Gasteiger partial charge in [0.15, 0.2) is 0 Å². The standard InChI is InChI=1S/C22H20F6N4O/c1-11-13(4-3-5-17(11)22(26,27)28)9-29-20-16-10-32(15-6-14(7-15)21(23,24)25)19(33)8-18(16)30-12(2)31-20/h3-5,8,10,14-15H,6-7,9H2,1-2H3,(H,29,30,31). The van der Waals surface area contributed by atoms with Crippen molar-refractivity contribution in [2.75, 3.05) is 5.32 Å². The number of anilines is 1. The summed E-state index contributed by atoms with van der Waals surface area (Å²) in [5.74, 6) is -0.820. The Labute approximate surface area is 184 Å². The Morgan fingerprint density at radius 2 is 1.79 bits per heavy atom. The maximum Gasteiger partial charge on any atom is 0.416 e. The molecular weight excluding hydrogens is 450 g/mol. The van der Waals surface area contributed by atoms with E-state index in [1.807, 2.05) is 0 Å². The Morgan fingerprint density at radius 3 is 2.42 bits per heavy atom. The molecule has 5 nitrogen and oxygen atoms in total. The maximum absolute atomic E-state index is 13.2. The summed E-state index contributed by atoms with van der Waals surface area (Å²) in [6.07, 6.45) is -7.73. The summed E-state index contributed by atoms with van der Waals surface area (Å²) < 4.78 is 79.5. The lowest BCUT2D eigenvalue weighted by atomic mass is 9.79. The fraction of sp³-hybridized carbons (Fsp3) is 0.409. The Hall–Kier alpha value is -3.11. The van der Waals surface area contributed by atoms with Crippen molar-refractivity contribution in [1.82, 2.24) is 14.5 Å². The lowest BCUT2D eigenvalue weighted by molar-refractivity contribution is -0.202. The van der Waals surface area contributed by atoms with Crippen LogP contribution < -0.4 is 10.9 Å². The number of benzene rings is 1. The van der Waals surface area contributed by atoms with E-state index < -0.39 is 35.4 Å². The first-order valence-corrected chi connectivity index (χ1v) is 10.2. The van der Waals surface area contributed by atoms with Crippen molar-refractivity contribution in [3.8, 4) is 0 Å². The van der Waals surface area contributed by atoms with E-state index in [9.17, 15) is 31.1 Å². The summed E-state index contributed by atoms with van der Waals surface area (Å²) in [6.45, 7) is 3.01. The molecule has 0 amide bonds. The fourth-order valence-electron chi connectivity index (χ4n) is 4.10. The monoisotopic (exact) mass is 470 g/mol. The number of hydrogen-bond donors (Lipinski definition) is 1. The first kappa shape index (κ1) is 23.1. The van der Waals surface area contributed by atoms with Gasteiger partial charge in [0, 0.05) is 24.8 Å². The second kappa shape index (κ2) is 8.03. The lowest BCUT2D eigenvalue weighted by Crippen LogP contribution is -2.40. The zero-order valence-corrected chi connectivity index (χ0v) is 17.7. The van der Waals surface area contributed by atoms with Crippen LogP contribution in [0.2, 0.25) is 0 Å². The number of hydrogen-bond acceptors (Lipinski definition) is 4. The van der Waals surface area contributed by atoms with Crippen LogP contribution >= 0.6 is 0 Å². The van der Waals surface area contributed by atoms with Crippen LogP contribution in [0.3, 0.4) is 0 Å². The molecule has 0 aliphatic heterocycles. The number of halogens is 6. The third-order valence-electron chi connectivity index (χ3n) is 6.04. The molecular formula is C22H20F6N4O. The topological polar surface area (TPSA) is 59.8 Å². The van der Waals surface area contributed by atoms with Crippen molar-refractivity contribution >= 4 is 16.7 Å². The highest BCUT2D eigenvalue weighted by Gasteiger charge is 2.48. The van der Waals surface area contributed by atoms with Crippen molar-refractivity contribution in [2.24, 2.45) is 5.92 Å². The minimum absolute atomic E-state index is 0.0278. The van der Waals surface area contributed by atoms with Gasteiger partial charge in [-0.1, -0.05) is 12.1 Å². The van der Waals surface area contributed by atoms with Crippen LogP contribution in [0, 0.1) is 19.8 Å². The van der Waals surface area contributed by atoms with Gasteiger partial charge in [-0.25, -0.2) is 9.97 Å². The van der Waals surface area contributed by atoms with E-state index in [4.69, 9.17) is 0 Å². The number of pyridine rings is 1. The van der Waals surface area contributed by atoms with Gasteiger partial charge in [0.1, 0.15) is 11.6 Å². The van der Waals surface area contributed by atoms with Gasteiger partial charge < -0.3 is 9.88 Å². The molecule has 1 aliphatic carbocycles. The Balaban J connectivity index is 1.65. The van der Waals surface area contributed by atoms with Crippen molar-refractivity contribution in [3.63, 3.8) is 0 Å². The molecule has 0 radical (unpaired) electrons. The minimum Gasteiger partial charge on any atom is -0.365 e. The molecule has 33 heavy (non-hydrogen) atoms. The van der Waals surface area contributed by atoms with Crippen LogP contribution in [0.5, 0.6) is 0 Å². The molecule has 1 fully saturated rings. The van der Waals surface area contributed by atoms with Crippen molar-refractivity contribution in [2.45, 2.75) is 51.6 Å². The van der Waals surface area contributed by atoms with E-state index in [1.54, 1.807) is 13.0 Å². The van der Waals surface area contributed by atoms with Crippen molar-refractivity contribution in [3.05, 3.63) is 63.3 Å². The first-order chi connectivity index (χ1) is 15.3. The summed E-state index contributed by atoms with van der Waals surface area (Å²) in [7, 11) is 0. The predicted molar refractivity (Wildman–Crippen MR) is 110 cm³/mol. The number of rotatable bonds is 4. The molecule has 2 aromatic heterocycles. The molecule has 0 spiro atoms. The molecule has 0 saturated heterocycles. The highest BCUT2D eigenvalue weighted by molar-refractivity contribution is 5.88. The summed E-state index contributed by atoms with van der Waals surface area (Å²) >= 11 is 0. The van der Waals surface area contributed by atoms with Gasteiger partial charge in [-0.05, 0) is 43.9 Å². The van der Waals surface area contributed by atoms with E-state index >= 15 is 0 Å². The smallest absolute Gasteiger partial charge is 0.365 e. The SMILES string of the molecule is Cc1nc(NCc2cccc(C(F)(F)F)c2C)c2cn(C3CC(C(F)(F)F)C3)c(=O)cc2n1. The van der Waals surface area contributed by atoms with E-state index in [0.29, 0.717) is 22.3 Å².